The number of fused-ring (bicyclic) bond motifs is 7. The second-order valence-corrected chi connectivity index (χ2v) is 21.0. The van der Waals surface area contributed by atoms with Crippen molar-refractivity contribution in [3.05, 3.63) is 23.0 Å². The second-order valence-electron chi connectivity index (χ2n) is 21.0. The van der Waals surface area contributed by atoms with E-state index in [9.17, 15) is 51.1 Å². The van der Waals surface area contributed by atoms with Gasteiger partial charge in [0.1, 0.15) is 85.1 Å². The average molecular weight is 929 g/mol. The van der Waals surface area contributed by atoms with Gasteiger partial charge >= 0.3 is 0 Å². The molecule has 4 aliphatic carbocycles. The van der Waals surface area contributed by atoms with E-state index in [1.54, 1.807) is 0 Å². The van der Waals surface area contributed by atoms with Gasteiger partial charge in [-0.05, 0) is 112 Å². The van der Waals surface area contributed by atoms with Gasteiger partial charge in [0.2, 0.25) is 0 Å². The lowest BCUT2D eigenvalue weighted by Gasteiger charge is -2.58. The van der Waals surface area contributed by atoms with E-state index in [-0.39, 0.29) is 47.6 Å². The summed E-state index contributed by atoms with van der Waals surface area (Å²) < 4.78 is 48.9. The van der Waals surface area contributed by atoms with Crippen LogP contribution in [-0.2, 0) is 37.9 Å². The van der Waals surface area contributed by atoms with Crippen LogP contribution in [0.25, 0.3) is 0 Å². The third-order valence-corrected chi connectivity index (χ3v) is 17.1. The summed E-state index contributed by atoms with van der Waals surface area (Å²) in [6, 6.07) is 0. The van der Waals surface area contributed by atoms with Crippen molar-refractivity contribution >= 4 is 0 Å². The number of allylic oxidation sites excluding steroid dienone is 1. The Bertz CT molecular complexity index is 1700. The Hall–Kier alpha value is -1.40. The van der Waals surface area contributed by atoms with Gasteiger partial charge in [-0.25, -0.2) is 0 Å². The van der Waals surface area contributed by atoms with E-state index in [0.29, 0.717) is 43.6 Å². The van der Waals surface area contributed by atoms with E-state index in [4.69, 9.17) is 37.9 Å². The fraction of sp³-hybridized carbons (Fsp3) is 0.915. The summed E-state index contributed by atoms with van der Waals surface area (Å²) in [7, 11) is 0. The molecule has 6 fully saturated rings. The molecule has 65 heavy (non-hydrogen) atoms. The van der Waals surface area contributed by atoms with Crippen LogP contribution in [0.15, 0.2) is 23.0 Å². The molecule has 8 rings (SSSR count). The Kier molecular flexibility index (Phi) is 15.2. The van der Waals surface area contributed by atoms with Crippen LogP contribution < -0.4 is 0 Å². The summed E-state index contributed by atoms with van der Waals surface area (Å²) in [4.78, 5) is 0. The number of ether oxygens (including phenoxy) is 8. The topological polar surface area (TPSA) is 276 Å². The molecule has 10 N–H and O–H groups in total. The fourth-order valence-electron chi connectivity index (χ4n) is 13.5. The minimum atomic E-state index is -1.65. The van der Waals surface area contributed by atoms with Crippen LogP contribution in [0.2, 0.25) is 0 Å². The van der Waals surface area contributed by atoms with Crippen molar-refractivity contribution in [2.24, 2.45) is 40.4 Å². The Morgan fingerprint density at radius 1 is 0.769 bits per heavy atom. The predicted octanol–water partition coefficient (Wildman–Crippen LogP) is 0.133. The molecule has 0 spiro atoms. The molecule has 0 radical (unpaired) electrons. The van der Waals surface area contributed by atoms with Gasteiger partial charge in [0.15, 0.2) is 18.9 Å². The van der Waals surface area contributed by atoms with Crippen LogP contribution in [0.4, 0.5) is 0 Å². The minimum absolute atomic E-state index is 0.0395. The maximum Gasteiger partial charge on any atom is 0.187 e. The molecule has 4 aliphatic heterocycles. The number of aliphatic hydroxyl groups excluding tert-OH is 10. The molecule has 3 saturated carbocycles. The Morgan fingerprint density at radius 2 is 1.43 bits per heavy atom. The third-order valence-electron chi connectivity index (χ3n) is 17.1. The molecule has 0 aromatic rings. The molecule has 18 heteroatoms. The Morgan fingerprint density at radius 3 is 2.12 bits per heavy atom. The molecule has 18 nitrogen and oxygen atoms in total. The lowest BCUT2D eigenvalue weighted by atomic mass is 9.47. The normalized spacial score (nSPS) is 50.7. The molecular formula is C47H76O18. The molecule has 372 valence electrons. The zero-order valence-electron chi connectivity index (χ0n) is 38.6. The number of hydrogen-bond acceptors (Lipinski definition) is 18. The van der Waals surface area contributed by atoms with Crippen LogP contribution in [0.3, 0.4) is 0 Å². The van der Waals surface area contributed by atoms with Crippen molar-refractivity contribution in [1.29, 1.82) is 0 Å². The van der Waals surface area contributed by atoms with Crippen molar-refractivity contribution in [1.82, 2.24) is 0 Å². The van der Waals surface area contributed by atoms with E-state index in [0.717, 1.165) is 37.9 Å². The number of hydrogen-bond donors (Lipinski definition) is 10. The van der Waals surface area contributed by atoms with Crippen molar-refractivity contribution in [2.45, 2.75) is 203 Å². The first-order valence-electron chi connectivity index (χ1n) is 24.1. The smallest absolute Gasteiger partial charge is 0.187 e. The molecule has 0 bridgehead atoms. The first kappa shape index (κ1) is 50.0. The Labute approximate surface area is 381 Å². The van der Waals surface area contributed by atoms with Crippen LogP contribution in [0.1, 0.15) is 92.9 Å². The van der Waals surface area contributed by atoms with E-state index < -0.39 is 105 Å². The zero-order valence-corrected chi connectivity index (χ0v) is 38.6. The van der Waals surface area contributed by atoms with Crippen molar-refractivity contribution in [2.75, 3.05) is 26.4 Å². The lowest BCUT2D eigenvalue weighted by molar-refractivity contribution is -0.369. The molecule has 0 amide bonds. The SMILES string of the molecule is CCO[C@H](C[C@H](C)CO[C@@H]1O[C@H](CO)[C@@H](O)[C@H](O)[C@H]1O)C1=C(C)C2C(CC3C4CC=C5C[C@@H](O[C@@H]6O[C@H](CO)[C@@H](O)[C@H](O)[C@H]6O[C@@H]6O[C@@H](C)[C@H](O)[C@@H](O)[C@H]6O)CC[C@]5(C)C4CC[C@@]32C)O1. The van der Waals surface area contributed by atoms with Crippen LogP contribution in [-0.4, -0.2) is 188 Å². The average Bonchev–Trinajstić information content (AvgIpc) is 3.78. The highest BCUT2D eigenvalue weighted by molar-refractivity contribution is 5.31. The molecule has 5 unspecified atom stereocenters. The van der Waals surface area contributed by atoms with Gasteiger partial charge < -0.3 is 89.0 Å². The van der Waals surface area contributed by atoms with Gasteiger partial charge in [-0.3, -0.25) is 0 Å². The van der Waals surface area contributed by atoms with Gasteiger partial charge in [-0.2, -0.15) is 0 Å². The van der Waals surface area contributed by atoms with Gasteiger partial charge in [-0.1, -0.05) is 32.4 Å². The standard InChI is InChI=1S/C47H76O18/c1-7-58-29(14-20(2)19-59-43-39(56)37(54)34(51)30(17-48)63-43)41-21(3)32-28(62-41)16-27-25-9-8-23-15-24(10-12-46(23,5)26(25)11-13-47(27,32)6)61-45-42(38(55)35(52)31(18-49)64-45)65-44-40(57)36(53)33(50)22(4)60-44/h8,20,22,24-40,42-45,48-57H,7,9-19H2,1-6H3/t20-,22-,24-,25?,26?,27?,28?,29+,30+,31+,32?,33-,34+,35+,36+,37-,38-,39+,40+,42+,43+,44-,45+,46-,47-/m0/s1. The van der Waals surface area contributed by atoms with E-state index in [2.05, 4.69) is 26.8 Å². The third kappa shape index (κ3) is 9.03. The summed E-state index contributed by atoms with van der Waals surface area (Å²) in [5.41, 5.74) is 2.57. The monoisotopic (exact) mass is 929 g/mol. The molecule has 0 aromatic heterocycles. The summed E-state index contributed by atoms with van der Waals surface area (Å²) in [6.45, 7) is 12.1. The van der Waals surface area contributed by atoms with Crippen LogP contribution in [0, 0.1) is 40.4 Å². The highest BCUT2D eigenvalue weighted by Crippen LogP contribution is 2.69. The van der Waals surface area contributed by atoms with Gasteiger partial charge in [-0.15, -0.1) is 0 Å². The molecule has 0 aromatic carbocycles. The van der Waals surface area contributed by atoms with E-state index in [1.807, 2.05) is 13.8 Å². The van der Waals surface area contributed by atoms with Crippen LogP contribution >= 0.6 is 0 Å². The highest BCUT2D eigenvalue weighted by Gasteiger charge is 2.64. The maximum atomic E-state index is 11.2. The first-order valence-corrected chi connectivity index (χ1v) is 24.1. The van der Waals surface area contributed by atoms with Crippen molar-refractivity contribution < 1.29 is 89.0 Å². The molecule has 8 aliphatic rings. The molecular weight excluding hydrogens is 852 g/mol. The van der Waals surface area contributed by atoms with Gasteiger partial charge in [0, 0.05) is 12.5 Å². The summed E-state index contributed by atoms with van der Waals surface area (Å²) in [6.07, 6.45) is -11.7. The number of aliphatic hydroxyl groups is 10. The molecule has 3 saturated heterocycles. The van der Waals surface area contributed by atoms with Crippen LogP contribution in [0.5, 0.6) is 0 Å². The summed E-state index contributed by atoms with van der Waals surface area (Å²) >= 11 is 0. The van der Waals surface area contributed by atoms with Gasteiger partial charge in [0.05, 0.1) is 32.0 Å². The van der Waals surface area contributed by atoms with Gasteiger partial charge in [0.25, 0.3) is 0 Å². The highest BCUT2D eigenvalue weighted by atomic mass is 16.8. The van der Waals surface area contributed by atoms with Crippen molar-refractivity contribution in [3.63, 3.8) is 0 Å². The second kappa shape index (κ2) is 19.8. The predicted molar refractivity (Wildman–Crippen MR) is 227 cm³/mol. The quantitative estimate of drug-likeness (QED) is 0.104. The maximum absolute atomic E-state index is 11.2. The lowest BCUT2D eigenvalue weighted by Crippen LogP contribution is -2.64. The summed E-state index contributed by atoms with van der Waals surface area (Å²) in [5, 5.41) is 104. The van der Waals surface area contributed by atoms with E-state index >= 15 is 0 Å². The first-order chi connectivity index (χ1) is 30.9. The molecule has 25 atom stereocenters. The number of rotatable bonds is 14. The molecule has 4 heterocycles. The minimum Gasteiger partial charge on any atom is -0.491 e. The van der Waals surface area contributed by atoms with Crippen molar-refractivity contribution in [3.8, 4) is 0 Å². The zero-order chi connectivity index (χ0) is 46.9. The fourth-order valence-corrected chi connectivity index (χ4v) is 13.5. The largest absolute Gasteiger partial charge is 0.491 e. The van der Waals surface area contributed by atoms with E-state index in [1.165, 1.54) is 18.1 Å². The summed E-state index contributed by atoms with van der Waals surface area (Å²) in [5.74, 6) is 2.52. The Balaban J connectivity index is 0.918.